The maximum absolute atomic E-state index is 13.5. The van der Waals surface area contributed by atoms with E-state index in [9.17, 15) is 9.90 Å². The van der Waals surface area contributed by atoms with Gasteiger partial charge in [0, 0.05) is 19.1 Å². The Bertz CT molecular complexity index is 1030. The number of aromatic hydroxyl groups is 1. The van der Waals surface area contributed by atoms with Crippen LogP contribution < -0.4 is 10.2 Å². The minimum atomic E-state index is -0.0609. The lowest BCUT2D eigenvalue weighted by atomic mass is 10.2. The van der Waals surface area contributed by atoms with E-state index in [-0.39, 0.29) is 11.7 Å². The van der Waals surface area contributed by atoms with Crippen molar-refractivity contribution in [1.29, 1.82) is 0 Å². The van der Waals surface area contributed by atoms with Gasteiger partial charge in [0.05, 0.1) is 17.6 Å². The van der Waals surface area contributed by atoms with Gasteiger partial charge < -0.3 is 10.4 Å². The third-order valence-electron chi connectivity index (χ3n) is 6.07. The van der Waals surface area contributed by atoms with Gasteiger partial charge >= 0.3 is 0 Å². The fraction of sp³-hybridized carbons (Fsp3) is 0.476. The highest BCUT2D eigenvalue weighted by molar-refractivity contribution is 9.10. The molecule has 1 aromatic heterocycles. The molecular formula is C21H25BrN6O2. The predicted molar refractivity (Wildman–Crippen MR) is 119 cm³/mol. The highest BCUT2D eigenvalue weighted by Crippen LogP contribution is 2.35. The number of rotatable bonds is 5. The van der Waals surface area contributed by atoms with Crippen molar-refractivity contribution in [2.45, 2.75) is 45.2 Å². The molecule has 9 heteroatoms. The van der Waals surface area contributed by atoms with Gasteiger partial charge in [0.15, 0.2) is 11.5 Å². The summed E-state index contributed by atoms with van der Waals surface area (Å²) in [6, 6.07) is 5.80. The van der Waals surface area contributed by atoms with Gasteiger partial charge in [0.2, 0.25) is 11.9 Å². The average Bonchev–Trinajstić information content (AvgIpc) is 3.46. The van der Waals surface area contributed by atoms with Gasteiger partial charge in [-0.3, -0.25) is 24.2 Å². The number of hydrogen-bond donors (Lipinski definition) is 2. The fourth-order valence-corrected chi connectivity index (χ4v) is 4.98. The van der Waals surface area contributed by atoms with Gasteiger partial charge in [-0.1, -0.05) is 18.9 Å². The molecule has 1 aliphatic carbocycles. The molecule has 5 rings (SSSR count). The second kappa shape index (κ2) is 7.61. The number of guanidine groups is 1. The van der Waals surface area contributed by atoms with Gasteiger partial charge in [-0.15, -0.1) is 0 Å². The molecule has 3 heterocycles. The third kappa shape index (κ3) is 3.15. The number of nitrogens with one attached hydrogen (secondary N) is 1. The lowest BCUT2D eigenvalue weighted by Gasteiger charge is -2.32. The van der Waals surface area contributed by atoms with Crippen LogP contribution >= 0.6 is 15.9 Å². The lowest BCUT2D eigenvalue weighted by molar-refractivity contribution is 0.0836. The maximum Gasteiger partial charge on any atom is 0.281 e. The van der Waals surface area contributed by atoms with E-state index in [1.54, 1.807) is 11.0 Å². The largest absolute Gasteiger partial charge is 0.507 e. The molecule has 1 amide bonds. The van der Waals surface area contributed by atoms with Gasteiger partial charge in [-0.25, -0.2) is 0 Å². The van der Waals surface area contributed by atoms with Crippen LogP contribution in [0.3, 0.4) is 0 Å². The first kappa shape index (κ1) is 19.4. The Kier molecular flexibility index (Phi) is 4.92. The van der Waals surface area contributed by atoms with E-state index in [0.29, 0.717) is 47.6 Å². The summed E-state index contributed by atoms with van der Waals surface area (Å²) in [5, 5.41) is 13.5. The molecule has 30 heavy (non-hydrogen) atoms. The van der Waals surface area contributed by atoms with Crippen LogP contribution in [0.4, 0.5) is 11.8 Å². The summed E-state index contributed by atoms with van der Waals surface area (Å²) in [5.41, 5.74) is 1.58. The van der Waals surface area contributed by atoms with Crippen LogP contribution in [-0.4, -0.2) is 57.1 Å². The summed E-state index contributed by atoms with van der Waals surface area (Å²) >= 11 is 3.39. The molecule has 8 nitrogen and oxygen atoms in total. The van der Waals surface area contributed by atoms with Gasteiger partial charge in [0.25, 0.3) is 5.91 Å². The zero-order chi connectivity index (χ0) is 20.8. The molecule has 0 atom stereocenters. The molecule has 3 aliphatic rings. The van der Waals surface area contributed by atoms with Crippen molar-refractivity contribution >= 4 is 39.6 Å². The van der Waals surface area contributed by atoms with Gasteiger partial charge in [-0.2, -0.15) is 4.98 Å². The molecule has 0 radical (unpaired) electrons. The number of aliphatic imine (C=N–C) groups is 1. The predicted octanol–water partition coefficient (Wildman–Crippen LogP) is 3.41. The van der Waals surface area contributed by atoms with E-state index in [1.807, 2.05) is 23.6 Å². The van der Waals surface area contributed by atoms with Crippen molar-refractivity contribution in [1.82, 2.24) is 14.5 Å². The van der Waals surface area contributed by atoms with E-state index >= 15 is 0 Å². The number of amides is 1. The molecule has 2 aromatic rings. The van der Waals surface area contributed by atoms with Crippen molar-refractivity contribution in [2.24, 2.45) is 4.99 Å². The molecule has 0 saturated heterocycles. The van der Waals surface area contributed by atoms with Gasteiger partial charge in [-0.05, 0) is 53.4 Å². The second-order valence-electron chi connectivity index (χ2n) is 7.99. The molecule has 2 N–H and O–H groups in total. The molecule has 0 spiro atoms. The lowest BCUT2D eigenvalue weighted by Crippen LogP contribution is -2.50. The molecule has 2 aliphatic heterocycles. The van der Waals surface area contributed by atoms with Crippen molar-refractivity contribution in [2.75, 3.05) is 29.9 Å². The number of phenols is 1. The Hall–Kier alpha value is -2.55. The number of aromatic nitrogens is 2. The maximum atomic E-state index is 13.5. The monoisotopic (exact) mass is 472 g/mol. The number of imidazole rings is 1. The number of carbonyl (C=O) groups excluding carboxylic acids is 1. The molecule has 1 saturated carbocycles. The number of benzene rings is 1. The van der Waals surface area contributed by atoms with E-state index in [2.05, 4.69) is 31.1 Å². The third-order valence-corrected chi connectivity index (χ3v) is 6.70. The molecule has 1 fully saturated rings. The number of hydrogen-bond acceptors (Lipinski definition) is 6. The normalized spacial score (nSPS) is 18.6. The van der Waals surface area contributed by atoms with Crippen LogP contribution in [-0.2, 0) is 6.54 Å². The smallest absolute Gasteiger partial charge is 0.281 e. The Balaban J connectivity index is 1.60. The summed E-state index contributed by atoms with van der Waals surface area (Å²) in [6.45, 7) is 4.42. The number of halogens is 1. The number of fused-ring (bicyclic) bond motifs is 3. The SMILES string of the molecule is CCN1C(=O)c2c(nc(NC3CCCC3)n2Cc2ccc(O)c(Br)c2)N2CCN=C12. The first-order valence-electron chi connectivity index (χ1n) is 10.5. The number of nitrogens with zero attached hydrogens (tertiary/aromatic N) is 5. The van der Waals surface area contributed by atoms with E-state index in [4.69, 9.17) is 4.98 Å². The standard InChI is InChI=1S/C21H25BrN6O2/c1-2-26-19(30)17-18(27-10-9-23-21(26)27)25-20(24-14-5-3-4-6-14)28(17)12-13-7-8-16(29)15(22)11-13/h7-8,11,14,29H,2-6,9-10,12H2,1H3,(H,24,25). The quantitative estimate of drug-likeness (QED) is 0.696. The van der Waals surface area contributed by atoms with Crippen molar-refractivity contribution < 1.29 is 9.90 Å². The van der Waals surface area contributed by atoms with E-state index in [1.165, 1.54) is 12.8 Å². The highest BCUT2D eigenvalue weighted by Gasteiger charge is 2.41. The number of phenolic OH excluding ortho intramolecular Hbond substituents is 1. The van der Waals surface area contributed by atoms with Crippen molar-refractivity contribution in [3.05, 3.63) is 33.9 Å². The average molecular weight is 473 g/mol. The number of anilines is 2. The Morgan fingerprint density at radius 2 is 2.10 bits per heavy atom. The van der Waals surface area contributed by atoms with Crippen LogP contribution in [0, 0.1) is 0 Å². The first-order chi connectivity index (χ1) is 14.6. The second-order valence-corrected chi connectivity index (χ2v) is 8.84. The van der Waals surface area contributed by atoms with Crippen LogP contribution in [0.1, 0.15) is 48.7 Å². The minimum Gasteiger partial charge on any atom is -0.507 e. The summed E-state index contributed by atoms with van der Waals surface area (Å²) in [7, 11) is 0. The molecular weight excluding hydrogens is 448 g/mol. The Morgan fingerprint density at radius 3 is 2.83 bits per heavy atom. The fourth-order valence-electron chi connectivity index (χ4n) is 4.56. The Morgan fingerprint density at radius 1 is 1.30 bits per heavy atom. The summed E-state index contributed by atoms with van der Waals surface area (Å²) in [4.78, 5) is 26.7. The van der Waals surface area contributed by atoms with Crippen molar-refractivity contribution in [3.8, 4) is 5.75 Å². The first-order valence-corrected chi connectivity index (χ1v) is 11.3. The zero-order valence-corrected chi connectivity index (χ0v) is 18.5. The highest BCUT2D eigenvalue weighted by atomic mass is 79.9. The minimum absolute atomic E-state index is 0.0609. The summed E-state index contributed by atoms with van der Waals surface area (Å²) in [6.07, 6.45) is 4.67. The zero-order valence-electron chi connectivity index (χ0n) is 16.9. The van der Waals surface area contributed by atoms with Crippen LogP contribution in [0.5, 0.6) is 5.75 Å². The van der Waals surface area contributed by atoms with E-state index < -0.39 is 0 Å². The topological polar surface area (TPSA) is 86.0 Å². The molecule has 0 unspecified atom stereocenters. The van der Waals surface area contributed by atoms with Crippen LogP contribution in [0.15, 0.2) is 27.7 Å². The van der Waals surface area contributed by atoms with E-state index in [0.717, 1.165) is 30.9 Å². The molecule has 158 valence electrons. The van der Waals surface area contributed by atoms with Crippen molar-refractivity contribution in [3.63, 3.8) is 0 Å². The van der Waals surface area contributed by atoms with Gasteiger partial charge in [0.1, 0.15) is 5.75 Å². The van der Waals surface area contributed by atoms with Crippen LogP contribution in [0.2, 0.25) is 0 Å². The molecule has 1 aromatic carbocycles. The summed E-state index contributed by atoms with van der Waals surface area (Å²) < 4.78 is 2.63. The summed E-state index contributed by atoms with van der Waals surface area (Å²) in [5.74, 6) is 2.27. The molecule has 0 bridgehead atoms. The Labute approximate surface area is 183 Å². The number of carbonyl (C=O) groups is 1. The van der Waals surface area contributed by atoms with Crippen LogP contribution in [0.25, 0.3) is 0 Å².